The van der Waals surface area contributed by atoms with Crippen LogP contribution in [-0.2, 0) is 28.6 Å². The summed E-state index contributed by atoms with van der Waals surface area (Å²) in [4.78, 5) is 44.5. The molecule has 9 heteroatoms. The van der Waals surface area contributed by atoms with Crippen LogP contribution in [0.1, 0.15) is 58.6 Å². The molecule has 0 amide bonds. The largest absolute Gasteiger partial charge is 0.493 e. The second-order valence-corrected chi connectivity index (χ2v) is 7.53. The third kappa shape index (κ3) is 5.64. The number of rotatable bonds is 12. The van der Waals surface area contributed by atoms with Gasteiger partial charge in [0, 0.05) is 18.5 Å². The zero-order chi connectivity index (χ0) is 24.4. The molecule has 0 N–H and O–H groups in total. The highest BCUT2D eigenvalue weighted by Crippen LogP contribution is 2.45. The van der Waals surface area contributed by atoms with Crippen molar-refractivity contribution in [3.8, 4) is 5.75 Å². The highest BCUT2D eigenvalue weighted by molar-refractivity contribution is 6.10. The fraction of sp³-hybridized carbons (Fsp3) is 0.583. The maximum atomic E-state index is 13.3. The average Bonchev–Trinajstić information content (AvgIpc) is 3.10. The molecule has 0 bridgehead atoms. The molecule has 9 nitrogen and oxygen atoms in total. The van der Waals surface area contributed by atoms with Crippen LogP contribution in [0.2, 0.25) is 0 Å². The van der Waals surface area contributed by atoms with Crippen molar-refractivity contribution in [2.75, 3.05) is 33.5 Å². The zero-order valence-electron chi connectivity index (χ0n) is 20.1. The van der Waals surface area contributed by atoms with E-state index in [0.717, 1.165) is 6.42 Å². The van der Waals surface area contributed by atoms with Crippen LogP contribution < -0.4 is 4.74 Å². The number of benzene rings is 1. The lowest BCUT2D eigenvalue weighted by Crippen LogP contribution is -2.53. The number of methoxy groups -OCH3 is 1. The summed E-state index contributed by atoms with van der Waals surface area (Å²) in [5.41, 5.74) is -1.29. The van der Waals surface area contributed by atoms with E-state index in [4.69, 9.17) is 14.2 Å². The zero-order valence-corrected chi connectivity index (χ0v) is 20.1. The standard InChI is InChI=1S/C24H34N2O7/c1-6-15-26-17(4)25-24(22(28)31-7-2,23(29)32-8-3)21(26)18-12-9-10-13-19(18)33-16-11-14-20(27)30-5/h9-10,12-13,21H,6-8,11,14-16H2,1-5H3. The van der Waals surface area contributed by atoms with E-state index in [1.807, 2.05) is 30.0 Å². The van der Waals surface area contributed by atoms with Gasteiger partial charge in [-0.15, -0.1) is 0 Å². The summed E-state index contributed by atoms with van der Waals surface area (Å²) in [6, 6.07) is 6.40. The molecule has 1 aliphatic rings. The van der Waals surface area contributed by atoms with Gasteiger partial charge in [0.15, 0.2) is 0 Å². The van der Waals surface area contributed by atoms with Gasteiger partial charge in [-0.2, -0.15) is 0 Å². The second-order valence-electron chi connectivity index (χ2n) is 7.53. The smallest absolute Gasteiger partial charge is 0.348 e. The Bertz CT molecular complexity index is 850. The van der Waals surface area contributed by atoms with Gasteiger partial charge in [-0.1, -0.05) is 25.1 Å². The normalized spacial score (nSPS) is 16.7. The van der Waals surface area contributed by atoms with Crippen molar-refractivity contribution in [1.82, 2.24) is 4.90 Å². The predicted molar refractivity (Wildman–Crippen MR) is 122 cm³/mol. The lowest BCUT2D eigenvalue weighted by molar-refractivity contribution is -0.166. The molecule has 0 saturated heterocycles. The Balaban J connectivity index is 2.53. The lowest BCUT2D eigenvalue weighted by atomic mass is 9.85. The molecule has 1 unspecified atom stereocenters. The van der Waals surface area contributed by atoms with Crippen molar-refractivity contribution < 1.29 is 33.3 Å². The molecule has 1 aliphatic heterocycles. The number of carbonyl (C=O) groups excluding carboxylic acids is 3. The summed E-state index contributed by atoms with van der Waals surface area (Å²) in [5, 5.41) is 0. The minimum absolute atomic E-state index is 0.0979. The fourth-order valence-corrected chi connectivity index (χ4v) is 3.94. The van der Waals surface area contributed by atoms with Gasteiger partial charge in [-0.3, -0.25) is 4.79 Å². The first-order valence-electron chi connectivity index (χ1n) is 11.3. The molecule has 0 aliphatic carbocycles. The number of ether oxygens (including phenoxy) is 4. The number of esters is 3. The van der Waals surface area contributed by atoms with Crippen molar-refractivity contribution in [1.29, 1.82) is 0 Å². The van der Waals surface area contributed by atoms with Crippen LogP contribution in [0, 0.1) is 0 Å². The first-order chi connectivity index (χ1) is 15.9. The third-order valence-corrected chi connectivity index (χ3v) is 5.32. The van der Waals surface area contributed by atoms with Crippen molar-refractivity contribution in [3.05, 3.63) is 29.8 Å². The molecule has 1 atom stereocenters. The Morgan fingerprint density at radius 2 is 1.70 bits per heavy atom. The molecular weight excluding hydrogens is 428 g/mol. The number of amidine groups is 1. The van der Waals surface area contributed by atoms with Crippen LogP contribution in [0.25, 0.3) is 0 Å². The van der Waals surface area contributed by atoms with E-state index in [1.165, 1.54) is 7.11 Å². The average molecular weight is 463 g/mol. The first-order valence-corrected chi connectivity index (χ1v) is 11.3. The van der Waals surface area contributed by atoms with E-state index >= 15 is 0 Å². The van der Waals surface area contributed by atoms with Gasteiger partial charge >= 0.3 is 17.9 Å². The van der Waals surface area contributed by atoms with Gasteiger partial charge in [-0.25, -0.2) is 14.6 Å². The maximum Gasteiger partial charge on any atom is 0.348 e. The maximum absolute atomic E-state index is 13.3. The van der Waals surface area contributed by atoms with Gasteiger partial charge in [0.1, 0.15) is 11.8 Å². The molecule has 2 rings (SSSR count). The van der Waals surface area contributed by atoms with Gasteiger partial charge in [0.25, 0.3) is 5.54 Å². The Kier molecular flexibility index (Phi) is 9.69. The van der Waals surface area contributed by atoms with E-state index in [-0.39, 0.29) is 32.2 Å². The second kappa shape index (κ2) is 12.2. The van der Waals surface area contributed by atoms with E-state index in [9.17, 15) is 14.4 Å². The van der Waals surface area contributed by atoms with E-state index < -0.39 is 23.5 Å². The summed E-state index contributed by atoms with van der Waals surface area (Å²) in [6.07, 6.45) is 1.45. The van der Waals surface area contributed by atoms with Crippen LogP contribution in [0.3, 0.4) is 0 Å². The summed E-state index contributed by atoms with van der Waals surface area (Å²) in [7, 11) is 1.34. The van der Waals surface area contributed by atoms with Crippen molar-refractivity contribution in [2.45, 2.75) is 58.5 Å². The summed E-state index contributed by atoms with van der Waals surface area (Å²) < 4.78 is 21.3. The molecule has 0 aromatic heterocycles. The number of aliphatic imine (C=N–C) groups is 1. The number of hydrogen-bond acceptors (Lipinski definition) is 9. The topological polar surface area (TPSA) is 104 Å². The number of para-hydroxylation sites is 1. The van der Waals surface area contributed by atoms with Crippen molar-refractivity contribution in [3.63, 3.8) is 0 Å². The Morgan fingerprint density at radius 1 is 1.06 bits per heavy atom. The van der Waals surface area contributed by atoms with E-state index in [2.05, 4.69) is 9.73 Å². The minimum atomic E-state index is -1.91. The predicted octanol–water partition coefficient (Wildman–Crippen LogP) is 3.07. The molecule has 33 heavy (non-hydrogen) atoms. The quantitative estimate of drug-likeness (QED) is 0.202. The summed E-state index contributed by atoms with van der Waals surface area (Å²) in [6.45, 7) is 8.16. The Morgan fingerprint density at radius 3 is 2.27 bits per heavy atom. The van der Waals surface area contributed by atoms with Crippen molar-refractivity contribution >= 4 is 23.7 Å². The molecule has 1 aromatic carbocycles. The van der Waals surface area contributed by atoms with Crippen LogP contribution in [0.5, 0.6) is 5.75 Å². The molecule has 1 aromatic rings. The third-order valence-electron chi connectivity index (χ3n) is 5.32. The van der Waals surface area contributed by atoms with Gasteiger partial charge in [-0.05, 0) is 39.7 Å². The van der Waals surface area contributed by atoms with Crippen LogP contribution in [0.4, 0.5) is 0 Å². The number of nitrogens with zero attached hydrogens (tertiary/aromatic N) is 2. The highest BCUT2D eigenvalue weighted by Gasteiger charge is 2.62. The number of carbonyl (C=O) groups is 3. The molecule has 0 fully saturated rings. The Labute approximate surface area is 195 Å². The molecule has 0 spiro atoms. The Hall–Kier alpha value is -3.10. The van der Waals surface area contributed by atoms with Crippen molar-refractivity contribution in [2.24, 2.45) is 4.99 Å². The fourth-order valence-electron chi connectivity index (χ4n) is 3.94. The molecule has 182 valence electrons. The molecule has 0 radical (unpaired) electrons. The van der Waals surface area contributed by atoms with Crippen LogP contribution in [-0.4, -0.2) is 67.7 Å². The lowest BCUT2D eigenvalue weighted by Gasteiger charge is -2.35. The van der Waals surface area contributed by atoms with E-state index in [0.29, 0.717) is 30.1 Å². The molecule has 1 heterocycles. The first kappa shape index (κ1) is 26.2. The number of hydrogen-bond donors (Lipinski definition) is 0. The monoisotopic (exact) mass is 462 g/mol. The molecular formula is C24H34N2O7. The summed E-state index contributed by atoms with van der Waals surface area (Å²) in [5.74, 6) is -0.789. The highest BCUT2D eigenvalue weighted by atomic mass is 16.6. The van der Waals surface area contributed by atoms with Gasteiger partial charge in [0.05, 0.1) is 32.8 Å². The van der Waals surface area contributed by atoms with Crippen LogP contribution in [0.15, 0.2) is 29.3 Å². The summed E-state index contributed by atoms with van der Waals surface area (Å²) >= 11 is 0. The van der Waals surface area contributed by atoms with Crippen LogP contribution >= 0.6 is 0 Å². The van der Waals surface area contributed by atoms with E-state index in [1.54, 1.807) is 26.8 Å². The SMILES string of the molecule is CCCN1C(C)=NC(C(=O)OCC)(C(=O)OCC)C1c1ccccc1OCCCC(=O)OC. The minimum Gasteiger partial charge on any atom is -0.493 e. The van der Waals surface area contributed by atoms with Gasteiger partial charge in [0.2, 0.25) is 0 Å². The molecule has 0 saturated carbocycles. The van der Waals surface area contributed by atoms with Gasteiger partial charge < -0.3 is 23.8 Å².